The molecule has 0 aliphatic heterocycles. The van der Waals surface area contributed by atoms with Crippen molar-refractivity contribution in [1.29, 1.82) is 0 Å². The highest BCUT2D eigenvalue weighted by molar-refractivity contribution is 5.77. The van der Waals surface area contributed by atoms with Crippen LogP contribution in [0.2, 0.25) is 0 Å². The van der Waals surface area contributed by atoms with Crippen molar-refractivity contribution >= 4 is 40.2 Å². The summed E-state index contributed by atoms with van der Waals surface area (Å²) >= 11 is 0. The minimum Gasteiger partial charge on any atom is -0.479 e. The zero-order chi connectivity index (χ0) is 17.2. The Kier molecular flexibility index (Phi) is 2.38. The molecule has 0 amide bonds. The van der Waals surface area contributed by atoms with Crippen molar-refractivity contribution < 1.29 is 5.11 Å². The number of aromatic hydroxyl groups is 1. The van der Waals surface area contributed by atoms with Gasteiger partial charge in [0.2, 0.25) is 17.8 Å². The molecule has 4 rings (SSSR count). The van der Waals surface area contributed by atoms with E-state index >= 15 is 0 Å². The first-order valence-corrected chi connectivity index (χ1v) is 6.38. The second kappa shape index (κ2) is 4.22. The number of imidazole rings is 2. The van der Waals surface area contributed by atoms with Crippen molar-refractivity contribution in [2.24, 2.45) is 0 Å². The van der Waals surface area contributed by atoms with Gasteiger partial charge in [-0.3, -0.25) is 19.6 Å². The van der Waals surface area contributed by atoms with E-state index in [0.717, 1.165) is 9.35 Å². The summed E-state index contributed by atoms with van der Waals surface area (Å²) in [7, 11) is 0. The minimum absolute atomic E-state index is 0.0657. The fraction of sp³-hybridized carbons (Fsp3) is 0. The van der Waals surface area contributed by atoms with E-state index in [2.05, 4.69) is 29.9 Å². The average molecular weight is 331 g/mol. The number of aromatic amines is 2. The number of rotatable bonds is 1. The van der Waals surface area contributed by atoms with Crippen molar-refractivity contribution in [2.45, 2.75) is 0 Å². The van der Waals surface area contributed by atoms with E-state index in [-0.39, 0.29) is 40.2 Å². The Bertz CT molecular complexity index is 1150. The lowest BCUT2D eigenvalue weighted by atomic mass is 10.5. The van der Waals surface area contributed by atoms with Crippen LogP contribution in [0.25, 0.3) is 22.3 Å². The molecule has 0 saturated heterocycles. The van der Waals surface area contributed by atoms with E-state index in [9.17, 15) is 14.7 Å². The average Bonchev–Trinajstić information content (AvgIpc) is 2.96. The summed E-state index contributed by atoms with van der Waals surface area (Å²) in [6.45, 7) is 0. The SMILES string of the molecule is Nc1nc2c(nc(N)n2-n2c(O)nc3c(=O)[nH]c(N)nc32)c(=O)[nH]1. The molecule has 0 atom stereocenters. The lowest BCUT2D eigenvalue weighted by Gasteiger charge is -2.08. The van der Waals surface area contributed by atoms with Gasteiger partial charge < -0.3 is 22.3 Å². The third-order valence-electron chi connectivity index (χ3n) is 3.24. The highest BCUT2D eigenvalue weighted by Crippen LogP contribution is 2.22. The summed E-state index contributed by atoms with van der Waals surface area (Å²) in [6, 6.07) is -0.639. The van der Waals surface area contributed by atoms with Gasteiger partial charge >= 0.3 is 6.01 Å². The zero-order valence-corrected chi connectivity index (χ0v) is 11.7. The van der Waals surface area contributed by atoms with Crippen LogP contribution < -0.4 is 28.3 Å². The predicted molar refractivity (Wildman–Crippen MR) is 82.0 cm³/mol. The molecule has 0 radical (unpaired) electrons. The molecule has 0 bridgehead atoms. The Morgan fingerprint density at radius 2 is 1.29 bits per heavy atom. The van der Waals surface area contributed by atoms with Gasteiger partial charge in [-0.25, -0.2) is 4.98 Å². The molecule has 24 heavy (non-hydrogen) atoms. The zero-order valence-electron chi connectivity index (χ0n) is 11.7. The normalized spacial score (nSPS) is 11.5. The summed E-state index contributed by atoms with van der Waals surface area (Å²) in [5, 5.41) is 10.1. The first kappa shape index (κ1) is 13.6. The van der Waals surface area contributed by atoms with E-state index in [1.165, 1.54) is 0 Å². The quantitative estimate of drug-likeness (QED) is 0.212. The monoisotopic (exact) mass is 331 g/mol. The maximum Gasteiger partial charge on any atom is 0.316 e. The van der Waals surface area contributed by atoms with Crippen molar-refractivity contribution in [3.8, 4) is 6.01 Å². The van der Waals surface area contributed by atoms with Gasteiger partial charge in [-0.1, -0.05) is 0 Å². The topological polar surface area (TPSA) is 225 Å². The lowest BCUT2D eigenvalue weighted by Crippen LogP contribution is -2.17. The van der Waals surface area contributed by atoms with Crippen LogP contribution in [0.5, 0.6) is 6.01 Å². The van der Waals surface area contributed by atoms with E-state index in [1.807, 2.05) is 0 Å². The van der Waals surface area contributed by atoms with Crippen LogP contribution in [0.4, 0.5) is 17.8 Å². The van der Waals surface area contributed by atoms with Crippen molar-refractivity contribution in [3.05, 3.63) is 20.7 Å². The van der Waals surface area contributed by atoms with E-state index in [0.29, 0.717) is 0 Å². The van der Waals surface area contributed by atoms with Crippen molar-refractivity contribution in [2.75, 3.05) is 17.2 Å². The molecule has 0 saturated carbocycles. The number of H-pyrrole nitrogens is 2. The molecule has 0 spiro atoms. The number of nitrogens with zero attached hydrogens (tertiary/aromatic N) is 6. The lowest BCUT2D eigenvalue weighted by molar-refractivity contribution is 0.396. The predicted octanol–water partition coefficient (Wildman–Crippen LogP) is -2.68. The highest BCUT2D eigenvalue weighted by Gasteiger charge is 2.22. The molecule has 14 heteroatoms. The Labute approximate surface area is 129 Å². The van der Waals surface area contributed by atoms with Gasteiger partial charge in [0.15, 0.2) is 22.3 Å². The fourth-order valence-corrected chi connectivity index (χ4v) is 2.33. The van der Waals surface area contributed by atoms with Crippen LogP contribution in [0, 0.1) is 0 Å². The van der Waals surface area contributed by atoms with Crippen LogP contribution in [0.3, 0.4) is 0 Å². The van der Waals surface area contributed by atoms with Crippen LogP contribution in [0.1, 0.15) is 0 Å². The van der Waals surface area contributed by atoms with Crippen LogP contribution in [0.15, 0.2) is 9.59 Å². The first-order chi connectivity index (χ1) is 11.4. The standard InChI is InChI=1S/C10H9N11O3/c11-7-16-3-1(5(22)18-7)14-9(13)20(3)21-4-2(15-10(21)24)6(23)19-8(12)17-4/h(H2,13,14)(H,15,24)(H3,11,16,18,22)(H3,12,17,19,23). The Hall–Kier alpha value is -4.10. The molecule has 14 nitrogen and oxygen atoms in total. The molecular weight excluding hydrogens is 322 g/mol. The molecular formula is C10H9N11O3. The molecule has 4 aromatic heterocycles. The van der Waals surface area contributed by atoms with E-state index in [4.69, 9.17) is 17.2 Å². The highest BCUT2D eigenvalue weighted by atomic mass is 16.3. The minimum atomic E-state index is -0.667. The molecule has 9 N–H and O–H groups in total. The molecule has 0 unspecified atom stereocenters. The summed E-state index contributed by atoms with van der Waals surface area (Å²) in [5.41, 5.74) is 15.1. The summed E-state index contributed by atoms with van der Waals surface area (Å²) in [6.07, 6.45) is 0. The van der Waals surface area contributed by atoms with Gasteiger partial charge in [0.1, 0.15) is 0 Å². The Morgan fingerprint density at radius 3 is 1.88 bits per heavy atom. The third kappa shape index (κ3) is 1.64. The van der Waals surface area contributed by atoms with E-state index < -0.39 is 17.1 Å². The van der Waals surface area contributed by atoms with Crippen LogP contribution >= 0.6 is 0 Å². The Morgan fingerprint density at radius 1 is 0.792 bits per heavy atom. The number of nitrogen functional groups attached to an aromatic ring is 3. The van der Waals surface area contributed by atoms with Crippen LogP contribution in [-0.2, 0) is 0 Å². The van der Waals surface area contributed by atoms with Gasteiger partial charge in [0.05, 0.1) is 0 Å². The number of hydrogen-bond acceptors (Lipinski definition) is 10. The number of nitrogens with one attached hydrogen (secondary N) is 2. The van der Waals surface area contributed by atoms with Gasteiger partial charge in [-0.05, 0) is 0 Å². The van der Waals surface area contributed by atoms with Crippen molar-refractivity contribution in [3.63, 3.8) is 0 Å². The maximum absolute atomic E-state index is 11.9. The van der Waals surface area contributed by atoms with Gasteiger partial charge in [0, 0.05) is 0 Å². The third-order valence-corrected chi connectivity index (χ3v) is 3.24. The number of aromatic nitrogens is 8. The first-order valence-electron chi connectivity index (χ1n) is 6.38. The smallest absolute Gasteiger partial charge is 0.316 e. The maximum atomic E-state index is 11.9. The molecule has 122 valence electrons. The van der Waals surface area contributed by atoms with Crippen molar-refractivity contribution in [1.82, 2.24) is 39.3 Å². The summed E-state index contributed by atoms with van der Waals surface area (Å²) < 4.78 is 1.98. The second-order valence-corrected chi connectivity index (χ2v) is 4.75. The fourth-order valence-electron chi connectivity index (χ4n) is 2.33. The second-order valence-electron chi connectivity index (χ2n) is 4.75. The summed E-state index contributed by atoms with van der Waals surface area (Å²) in [4.78, 5) is 43.8. The molecule has 0 aromatic carbocycles. The summed E-state index contributed by atoms with van der Waals surface area (Å²) in [5.74, 6) is -0.617. The molecule has 0 aliphatic rings. The number of hydrogen-bond donors (Lipinski definition) is 6. The molecule has 4 aromatic rings. The molecule has 0 fully saturated rings. The molecule has 0 aliphatic carbocycles. The number of nitrogens with two attached hydrogens (primary N) is 3. The largest absolute Gasteiger partial charge is 0.479 e. The number of fused-ring (bicyclic) bond motifs is 2. The van der Waals surface area contributed by atoms with Gasteiger partial charge in [0.25, 0.3) is 11.1 Å². The van der Waals surface area contributed by atoms with Crippen LogP contribution in [-0.4, -0.2) is 44.4 Å². The number of anilines is 3. The molecule has 4 heterocycles. The Balaban J connectivity index is 2.22. The van der Waals surface area contributed by atoms with E-state index in [1.54, 1.807) is 0 Å². The van der Waals surface area contributed by atoms with Gasteiger partial charge in [-0.15, -0.1) is 0 Å². The van der Waals surface area contributed by atoms with Gasteiger partial charge in [-0.2, -0.15) is 24.3 Å².